The van der Waals surface area contributed by atoms with Gasteiger partial charge in [0.05, 0.1) is 39.5 Å². The van der Waals surface area contributed by atoms with Gasteiger partial charge in [0.2, 0.25) is 20.0 Å². The minimum atomic E-state index is -4.81. The molecule has 0 spiro atoms. The predicted molar refractivity (Wildman–Crippen MR) is 226 cm³/mol. The van der Waals surface area contributed by atoms with Crippen molar-refractivity contribution in [3.8, 4) is 28.6 Å². The lowest BCUT2D eigenvalue weighted by molar-refractivity contribution is 0.0494. The quantitative estimate of drug-likeness (QED) is 0.103. The van der Waals surface area contributed by atoms with Crippen LogP contribution in [0.5, 0.6) is 17.2 Å². The van der Waals surface area contributed by atoms with E-state index in [0.29, 0.717) is 31.9 Å². The van der Waals surface area contributed by atoms with Crippen molar-refractivity contribution in [2.45, 2.75) is 61.9 Å². The van der Waals surface area contributed by atoms with Crippen molar-refractivity contribution < 1.29 is 45.7 Å². The van der Waals surface area contributed by atoms with Crippen LogP contribution in [0.3, 0.4) is 0 Å². The molecule has 0 aliphatic heterocycles. The van der Waals surface area contributed by atoms with Gasteiger partial charge in [0, 0.05) is 29.7 Å². The van der Waals surface area contributed by atoms with Crippen LogP contribution in [0.1, 0.15) is 37.5 Å². The van der Waals surface area contributed by atoms with E-state index < -0.39 is 54.2 Å². The van der Waals surface area contributed by atoms with Crippen molar-refractivity contribution in [2.24, 2.45) is 0 Å². The number of benzene rings is 4. The van der Waals surface area contributed by atoms with Gasteiger partial charge in [0.1, 0.15) is 32.6 Å². The largest absolute Gasteiger partial charge is 0.497 e. The zero-order valence-electron chi connectivity index (χ0n) is 33.2. The number of hydrogen-bond donors (Lipinski definition) is 3. The lowest BCUT2D eigenvalue weighted by Crippen LogP contribution is -2.42. The molecule has 59 heavy (non-hydrogen) atoms. The van der Waals surface area contributed by atoms with E-state index in [4.69, 9.17) is 18.9 Å². The maximum atomic E-state index is 15.5. The third-order valence-electron chi connectivity index (χ3n) is 8.63. The van der Waals surface area contributed by atoms with Crippen molar-refractivity contribution >= 4 is 48.7 Å². The third kappa shape index (κ3) is 11.9. The number of alkyl carbamates (subject to hydrolysis) is 1. The summed E-state index contributed by atoms with van der Waals surface area (Å²) in [4.78, 5) is 11.0. The van der Waals surface area contributed by atoms with E-state index in [1.807, 2.05) is 22.6 Å². The fraction of sp³-hybridized carbons (Fsp3) is 0.333. The molecule has 0 fully saturated rings. The van der Waals surface area contributed by atoms with Crippen molar-refractivity contribution in [1.82, 2.24) is 34.6 Å². The second kappa shape index (κ2) is 19.5. The maximum absolute atomic E-state index is 15.5. The van der Waals surface area contributed by atoms with E-state index in [0.717, 1.165) is 5.56 Å². The summed E-state index contributed by atoms with van der Waals surface area (Å²) in [6.07, 6.45) is -2.23. The first-order valence-electron chi connectivity index (χ1n) is 18.1. The molecule has 1 amide bonds. The number of nitrogens with zero attached hydrogens (tertiary/aromatic N) is 5. The lowest BCUT2D eigenvalue weighted by atomic mass is 10.2. The van der Waals surface area contributed by atoms with Crippen molar-refractivity contribution in [3.63, 3.8) is 0 Å². The summed E-state index contributed by atoms with van der Waals surface area (Å²) in [6.45, 7) is 3.80. The van der Waals surface area contributed by atoms with Crippen LogP contribution in [0.25, 0.3) is 11.4 Å². The van der Waals surface area contributed by atoms with E-state index in [9.17, 15) is 18.3 Å². The van der Waals surface area contributed by atoms with Crippen LogP contribution in [-0.2, 0) is 44.4 Å². The van der Waals surface area contributed by atoms with Gasteiger partial charge in [0.25, 0.3) is 0 Å². The number of aromatic nitrogens is 4. The SMILES string of the molecule is COc1ccc(CN(Cc2ccc(OC)cc2)S(=O)(=O)c2c(S(=O)(=O)NC[C@@H](O)CNC(=O)OC(C)(C)C)ccc(I)c2-c2nnnn2Cc2ccc(OC)cc2)cc1. The smallest absolute Gasteiger partial charge is 0.407 e. The highest BCUT2D eigenvalue weighted by molar-refractivity contribution is 14.1. The Bertz CT molecular complexity index is 2380. The van der Waals surface area contributed by atoms with Crippen LogP contribution in [-0.4, -0.2) is 98.7 Å². The van der Waals surface area contributed by atoms with Crippen LogP contribution >= 0.6 is 22.6 Å². The van der Waals surface area contributed by atoms with E-state index in [-0.39, 0.29) is 37.6 Å². The average Bonchev–Trinajstić information content (AvgIpc) is 3.66. The van der Waals surface area contributed by atoms with E-state index in [1.165, 1.54) is 35.3 Å². The van der Waals surface area contributed by atoms with Gasteiger partial charge in [0.15, 0.2) is 5.82 Å². The number of aliphatic hydroxyl groups is 1. The molecule has 1 atom stereocenters. The molecule has 0 radical (unpaired) electrons. The summed E-state index contributed by atoms with van der Waals surface area (Å²) in [5.74, 6) is 1.73. The first kappa shape index (κ1) is 45.2. The van der Waals surface area contributed by atoms with Gasteiger partial charge in [-0.3, -0.25) is 0 Å². The molecule has 0 aliphatic rings. The van der Waals surface area contributed by atoms with Gasteiger partial charge in [-0.2, -0.15) is 4.31 Å². The highest BCUT2D eigenvalue weighted by Crippen LogP contribution is 2.38. The number of methoxy groups -OCH3 is 3. The molecule has 0 unspecified atom stereocenters. The van der Waals surface area contributed by atoms with E-state index in [1.54, 1.807) is 101 Å². The van der Waals surface area contributed by atoms with Crippen molar-refractivity contribution in [1.29, 1.82) is 0 Å². The second-order valence-electron chi connectivity index (χ2n) is 14.1. The van der Waals surface area contributed by atoms with Crippen LogP contribution in [0, 0.1) is 3.57 Å². The molecule has 5 aromatic rings. The monoisotopic (exact) mass is 963 g/mol. The van der Waals surface area contributed by atoms with Gasteiger partial charge < -0.3 is 29.4 Å². The molecule has 0 saturated heterocycles. The standard InChI is InChI=1S/C39H46IN7O10S2/c1-39(2,3)57-38(49)41-21-29(48)22-42-58(50,51)34-20-19-33(40)35(37-43-44-45-47(37)25-28-11-17-32(56-6)18-12-28)36(34)59(52,53)46(23-26-7-13-30(54-4)14-8-26)24-27-9-15-31(55-5)16-10-27/h7-20,29,42,48H,21-25H2,1-6H3,(H,41,49)/t29-/m0/s1. The Labute approximate surface area is 357 Å². The minimum Gasteiger partial charge on any atom is -0.497 e. The molecule has 17 nitrogen and oxygen atoms in total. The number of aliphatic hydroxyl groups excluding tert-OH is 1. The van der Waals surface area contributed by atoms with Gasteiger partial charge in [-0.25, -0.2) is 31.0 Å². The molecule has 20 heteroatoms. The number of rotatable bonds is 18. The fourth-order valence-corrected chi connectivity index (χ4v) is 10.1. The average molecular weight is 964 g/mol. The predicted octanol–water partition coefficient (Wildman–Crippen LogP) is 4.57. The number of ether oxygens (including phenoxy) is 4. The summed E-state index contributed by atoms with van der Waals surface area (Å²) in [7, 11) is -4.97. The molecular formula is C39H46IN7O10S2. The lowest BCUT2D eigenvalue weighted by Gasteiger charge is -2.26. The summed E-state index contributed by atoms with van der Waals surface area (Å²) >= 11 is 1.93. The molecule has 1 heterocycles. The molecule has 0 aliphatic carbocycles. The number of carbonyl (C=O) groups excluding carboxylic acids is 1. The van der Waals surface area contributed by atoms with Crippen LogP contribution < -0.4 is 24.2 Å². The Morgan fingerprint density at radius 3 is 1.80 bits per heavy atom. The van der Waals surface area contributed by atoms with Crippen LogP contribution in [0.4, 0.5) is 4.79 Å². The number of carbonyl (C=O) groups is 1. The summed E-state index contributed by atoms with van der Waals surface area (Å²) in [5.41, 5.74) is 1.06. The molecule has 0 bridgehead atoms. The van der Waals surface area contributed by atoms with Gasteiger partial charge in [-0.05, 0) is 119 Å². The molecular weight excluding hydrogens is 918 g/mol. The molecule has 1 aromatic heterocycles. The van der Waals surface area contributed by atoms with Crippen molar-refractivity contribution in [2.75, 3.05) is 34.4 Å². The Balaban J connectivity index is 1.64. The van der Waals surface area contributed by atoms with Gasteiger partial charge >= 0.3 is 6.09 Å². The Morgan fingerprint density at radius 1 is 0.797 bits per heavy atom. The number of nitrogens with one attached hydrogen (secondary N) is 2. The number of hydrogen-bond acceptors (Lipinski definition) is 13. The molecule has 5 rings (SSSR count). The maximum Gasteiger partial charge on any atom is 0.407 e. The van der Waals surface area contributed by atoms with Crippen LogP contribution in [0.2, 0.25) is 0 Å². The van der Waals surface area contributed by atoms with E-state index >= 15 is 8.42 Å². The Morgan fingerprint density at radius 2 is 1.31 bits per heavy atom. The summed E-state index contributed by atoms with van der Waals surface area (Å²) in [6, 6.07) is 23.4. The summed E-state index contributed by atoms with van der Waals surface area (Å²) in [5, 5.41) is 25.4. The molecule has 4 aromatic carbocycles. The Kier molecular flexibility index (Phi) is 14.9. The highest BCUT2D eigenvalue weighted by Gasteiger charge is 2.38. The number of amides is 1. The Hall–Kier alpha value is -4.87. The number of sulfonamides is 2. The number of halogens is 1. The zero-order chi connectivity index (χ0) is 43.0. The summed E-state index contributed by atoms with van der Waals surface area (Å²) < 4.78 is 86.0. The van der Waals surface area contributed by atoms with Gasteiger partial charge in [-0.15, -0.1) is 5.10 Å². The van der Waals surface area contributed by atoms with Crippen LogP contribution in [0.15, 0.2) is 94.7 Å². The first-order chi connectivity index (χ1) is 27.9. The second-order valence-corrected chi connectivity index (χ2v) is 18.9. The normalized spacial score (nSPS) is 12.6. The van der Waals surface area contributed by atoms with E-state index in [2.05, 4.69) is 25.6 Å². The van der Waals surface area contributed by atoms with Crippen molar-refractivity contribution in [3.05, 3.63) is 105 Å². The zero-order valence-corrected chi connectivity index (χ0v) is 37.0. The topological polar surface area (TPSA) is 213 Å². The molecule has 316 valence electrons. The molecule has 0 saturated carbocycles. The fourth-order valence-electron chi connectivity index (χ4n) is 5.70. The number of tetrazole rings is 1. The van der Waals surface area contributed by atoms with Gasteiger partial charge in [-0.1, -0.05) is 36.4 Å². The highest BCUT2D eigenvalue weighted by atomic mass is 127. The first-order valence-corrected chi connectivity index (χ1v) is 22.1. The molecule has 3 N–H and O–H groups in total. The minimum absolute atomic E-state index is 0.0173. The third-order valence-corrected chi connectivity index (χ3v) is 13.0.